The van der Waals surface area contributed by atoms with Crippen molar-refractivity contribution in [2.75, 3.05) is 0 Å². The Balaban J connectivity index is 1.38. The molecule has 5 aromatic carbocycles. The van der Waals surface area contributed by atoms with Crippen molar-refractivity contribution in [3.8, 4) is 39.8 Å². The number of para-hydroxylation sites is 5. The van der Waals surface area contributed by atoms with E-state index in [0.717, 1.165) is 11.0 Å². The molecule has 6 heteroatoms. The first-order valence-electron chi connectivity index (χ1n) is 22.3. The molecule has 0 unspecified atom stereocenters. The topological polar surface area (TPSA) is 57.2 Å². The highest BCUT2D eigenvalue weighted by molar-refractivity contribution is 5.92. The zero-order valence-electron chi connectivity index (χ0n) is 39.5. The quantitative estimate of drug-likeness (QED) is 0.188. The average molecular weight is 666 g/mol. The molecule has 8 aromatic rings. The molecule has 246 valence electrons. The Morgan fingerprint density at radius 1 is 0.740 bits per heavy atom. The molecule has 0 amide bonds. The Hall–Kier alpha value is -5.75. The number of imidazole rings is 2. The fraction of sp³-hybridized carbons (Fsp3) is 0.205. The summed E-state index contributed by atoms with van der Waals surface area (Å²) in [4.78, 5) is 14.4. The third kappa shape index (κ3) is 4.37. The van der Waals surface area contributed by atoms with E-state index in [9.17, 15) is 0 Å². The van der Waals surface area contributed by atoms with Crippen LogP contribution in [-0.4, -0.2) is 23.9 Å². The summed E-state index contributed by atoms with van der Waals surface area (Å²) in [5.74, 6) is 0.493. The maximum absolute atomic E-state index is 8.86. The van der Waals surface area contributed by atoms with E-state index >= 15 is 0 Å². The van der Waals surface area contributed by atoms with Crippen LogP contribution >= 0.6 is 0 Å². The van der Waals surface area contributed by atoms with E-state index in [-0.39, 0.29) is 51.0 Å². The van der Waals surface area contributed by atoms with Crippen LogP contribution in [0.3, 0.4) is 0 Å². The molecule has 9 rings (SSSR count). The zero-order chi connectivity index (χ0) is 44.5. The van der Waals surface area contributed by atoms with Gasteiger partial charge in [0.25, 0.3) is 0 Å². The molecule has 6 nitrogen and oxygen atoms in total. The van der Waals surface area contributed by atoms with Crippen LogP contribution in [0, 0.1) is 13.7 Å². The van der Waals surface area contributed by atoms with Gasteiger partial charge in [-0.05, 0) is 77.8 Å². The van der Waals surface area contributed by atoms with Crippen LogP contribution < -0.4 is 4.74 Å². The van der Waals surface area contributed by atoms with E-state index in [0.29, 0.717) is 33.5 Å². The molecule has 0 saturated carbocycles. The van der Waals surface area contributed by atoms with E-state index in [1.165, 1.54) is 36.5 Å². The predicted molar refractivity (Wildman–Crippen MR) is 203 cm³/mol. The van der Waals surface area contributed by atoms with Crippen molar-refractivity contribution in [1.82, 2.24) is 23.9 Å². The minimum Gasteiger partial charge on any atom is -0.456 e. The van der Waals surface area contributed by atoms with Crippen LogP contribution in [0.2, 0.25) is 0 Å². The first-order valence-corrected chi connectivity index (χ1v) is 16.3. The second-order valence-corrected chi connectivity index (χ2v) is 13.7. The molecule has 50 heavy (non-hydrogen) atoms. The lowest BCUT2D eigenvalue weighted by atomic mass is 9.72. The van der Waals surface area contributed by atoms with Gasteiger partial charge in [-0.3, -0.25) is 4.40 Å². The average Bonchev–Trinajstić information content (AvgIpc) is 3.71. The van der Waals surface area contributed by atoms with Gasteiger partial charge in [0.05, 0.1) is 27.8 Å². The highest BCUT2D eigenvalue weighted by Crippen LogP contribution is 2.53. The van der Waals surface area contributed by atoms with Gasteiger partial charge >= 0.3 is 0 Å². The molecule has 0 N–H and O–H groups in total. The molecule has 0 fully saturated rings. The fourth-order valence-electron chi connectivity index (χ4n) is 7.15. The van der Waals surface area contributed by atoms with Crippen molar-refractivity contribution in [3.63, 3.8) is 0 Å². The molecular weight excluding hydrogens is 615 g/mol. The Morgan fingerprint density at radius 2 is 1.50 bits per heavy atom. The largest absolute Gasteiger partial charge is 0.456 e. The lowest BCUT2D eigenvalue weighted by Crippen LogP contribution is -2.26. The van der Waals surface area contributed by atoms with Gasteiger partial charge in [0.15, 0.2) is 0 Å². The van der Waals surface area contributed by atoms with Crippen molar-refractivity contribution in [1.29, 1.82) is 0 Å². The molecule has 0 radical (unpaired) electrons. The first-order chi connectivity index (χ1) is 28.9. The van der Waals surface area contributed by atoms with Crippen LogP contribution in [0.5, 0.6) is 11.5 Å². The van der Waals surface area contributed by atoms with Gasteiger partial charge in [-0.15, -0.1) is 0 Å². The predicted octanol–water partition coefficient (Wildman–Crippen LogP) is 10.9. The molecule has 1 aliphatic heterocycles. The lowest BCUT2D eigenvalue weighted by molar-refractivity contribution is 0.417. The third-order valence-corrected chi connectivity index (χ3v) is 9.52. The maximum atomic E-state index is 8.86. The van der Waals surface area contributed by atoms with E-state index in [4.69, 9.17) is 31.2 Å². The number of rotatable bonds is 3. The molecule has 0 saturated heterocycles. The number of hydrogen-bond donors (Lipinski definition) is 0. The number of ether oxygens (including phenoxy) is 1. The highest BCUT2D eigenvalue weighted by Gasteiger charge is 2.37. The summed E-state index contributed by atoms with van der Waals surface area (Å²) in [6, 6.07) is 28.9. The summed E-state index contributed by atoms with van der Waals surface area (Å²) < 4.78 is 115. The van der Waals surface area contributed by atoms with Crippen molar-refractivity contribution in [3.05, 3.63) is 137 Å². The number of aryl methyl sites for hydroxylation is 2. The molecule has 4 heterocycles. The van der Waals surface area contributed by atoms with Crippen molar-refractivity contribution >= 4 is 27.8 Å². The standard InChI is InChI=1S/C44H39N5O/c1-26-20-21-28(38-31(43(3,4)5)22-23-32-40(38)50-37-19-13-8-14-30(37)44(32,6)7)24-29(26)39-27(2)25-45-41(47-39)49-36-18-12-11-17-35(36)48-34-16-10-9-15-33(34)46-42(48)49/h8-25H,1-7H3/i1D3,2D3,6D3,7D3. The van der Waals surface area contributed by atoms with Crippen LogP contribution in [0.15, 0.2) is 109 Å². The van der Waals surface area contributed by atoms with Gasteiger partial charge in [-0.25, -0.2) is 19.5 Å². The Kier molecular flexibility index (Phi) is 4.26. The molecule has 0 spiro atoms. The van der Waals surface area contributed by atoms with Crippen LogP contribution in [0.1, 0.15) is 78.7 Å². The normalized spacial score (nSPS) is 18.4. The lowest BCUT2D eigenvalue weighted by Gasteiger charge is -2.37. The summed E-state index contributed by atoms with van der Waals surface area (Å²) in [7, 11) is 0. The number of hydrogen-bond acceptors (Lipinski definition) is 4. The van der Waals surface area contributed by atoms with Gasteiger partial charge in [-0.1, -0.05) is 101 Å². The van der Waals surface area contributed by atoms with Crippen molar-refractivity contribution in [2.24, 2.45) is 0 Å². The third-order valence-electron chi connectivity index (χ3n) is 9.52. The summed E-state index contributed by atoms with van der Waals surface area (Å²) >= 11 is 0. The number of benzene rings is 5. The second kappa shape index (κ2) is 10.6. The summed E-state index contributed by atoms with van der Waals surface area (Å²) in [6.45, 7) is -6.03. The van der Waals surface area contributed by atoms with Crippen LogP contribution in [0.25, 0.3) is 56.2 Å². The molecule has 0 bridgehead atoms. The smallest absolute Gasteiger partial charge is 0.237 e. The molecule has 0 aliphatic carbocycles. The van der Waals surface area contributed by atoms with E-state index in [1.54, 1.807) is 28.8 Å². The minimum absolute atomic E-state index is 0.0201. The van der Waals surface area contributed by atoms with E-state index in [1.807, 2.05) is 73.7 Å². The monoisotopic (exact) mass is 665 g/mol. The number of nitrogens with zero attached hydrogens (tertiary/aromatic N) is 5. The minimum atomic E-state index is -3.11. The Morgan fingerprint density at radius 3 is 2.30 bits per heavy atom. The summed E-state index contributed by atoms with van der Waals surface area (Å²) in [5, 5.41) is 0. The van der Waals surface area contributed by atoms with Gasteiger partial charge < -0.3 is 4.74 Å². The molecule has 0 atom stereocenters. The number of aromatic nitrogens is 5. The van der Waals surface area contributed by atoms with Crippen LogP contribution in [-0.2, 0) is 10.8 Å². The van der Waals surface area contributed by atoms with E-state index < -0.39 is 38.2 Å². The fourth-order valence-corrected chi connectivity index (χ4v) is 7.15. The van der Waals surface area contributed by atoms with E-state index in [2.05, 4.69) is 4.98 Å². The second-order valence-electron chi connectivity index (χ2n) is 13.7. The molecular formula is C44H39N5O. The van der Waals surface area contributed by atoms with Gasteiger partial charge in [-0.2, -0.15) is 0 Å². The molecule has 1 aliphatic rings. The molecule has 3 aromatic heterocycles. The van der Waals surface area contributed by atoms with Gasteiger partial charge in [0, 0.05) is 50.3 Å². The number of fused-ring (bicyclic) bond motifs is 7. The summed E-state index contributed by atoms with van der Waals surface area (Å²) in [5.41, 5.74) is 0.136. The SMILES string of the molecule is [2H]C([2H])([2H])c1ccc(-c2c(C(C)(C)C)ccc3c2Oc2ccccc2C3(C([2H])([2H])[2H])C([2H])([2H])[2H])cc1-c1nc(-n2c3ccccc3n3c4ccccc4nc23)ncc1C([2H])([2H])[2H]. The van der Waals surface area contributed by atoms with Crippen molar-refractivity contribution < 1.29 is 21.2 Å². The Bertz CT molecular complexity index is 3100. The van der Waals surface area contributed by atoms with Gasteiger partial charge in [0.2, 0.25) is 11.7 Å². The van der Waals surface area contributed by atoms with Crippen molar-refractivity contribution in [2.45, 2.75) is 59.0 Å². The highest BCUT2D eigenvalue weighted by atomic mass is 16.5. The maximum Gasteiger partial charge on any atom is 0.237 e. The summed E-state index contributed by atoms with van der Waals surface area (Å²) in [6.07, 6.45) is 1.18. The van der Waals surface area contributed by atoms with Crippen LogP contribution in [0.4, 0.5) is 0 Å². The van der Waals surface area contributed by atoms with Gasteiger partial charge in [0.1, 0.15) is 11.5 Å². The zero-order valence-corrected chi connectivity index (χ0v) is 27.5. The first kappa shape index (κ1) is 20.1. The Labute approximate surface area is 308 Å².